The predicted octanol–water partition coefficient (Wildman–Crippen LogP) is 3.44. The molecule has 4 nitrogen and oxygen atoms in total. The van der Waals surface area contributed by atoms with Gasteiger partial charge >= 0.3 is 0 Å². The van der Waals surface area contributed by atoms with Crippen LogP contribution in [0.1, 0.15) is 29.9 Å². The van der Waals surface area contributed by atoms with Crippen molar-refractivity contribution in [2.24, 2.45) is 0 Å². The zero-order valence-corrected chi connectivity index (χ0v) is 11.0. The fourth-order valence-corrected chi connectivity index (χ4v) is 2.07. The van der Waals surface area contributed by atoms with Gasteiger partial charge in [-0.1, -0.05) is 11.6 Å². The fraction of sp³-hybridized carbons (Fsp3) is 0.214. The lowest BCUT2D eigenvalue weighted by Crippen LogP contribution is -2.13. The first-order valence-electron chi connectivity index (χ1n) is 6.15. The molecule has 1 aliphatic carbocycles. The molecule has 2 heterocycles. The maximum Gasteiger partial charge on any atom is 0.132 e. The van der Waals surface area contributed by atoms with Crippen molar-refractivity contribution in [2.45, 2.75) is 18.8 Å². The minimum Gasteiger partial charge on any atom is -0.325 e. The summed E-state index contributed by atoms with van der Waals surface area (Å²) in [6, 6.07) is 5.41. The normalized spacial score (nSPS) is 14.2. The van der Waals surface area contributed by atoms with Gasteiger partial charge in [-0.2, -0.15) is 0 Å². The number of anilines is 1. The van der Waals surface area contributed by atoms with E-state index in [-0.39, 0.29) is 5.84 Å². The number of aromatic nitrogens is 2. The second-order valence-corrected chi connectivity index (χ2v) is 5.08. The Labute approximate surface area is 116 Å². The fourth-order valence-electron chi connectivity index (χ4n) is 1.91. The zero-order chi connectivity index (χ0) is 13.2. The van der Waals surface area contributed by atoms with Crippen LogP contribution in [0.4, 0.5) is 5.82 Å². The van der Waals surface area contributed by atoms with Gasteiger partial charge in [-0.05, 0) is 42.5 Å². The number of pyridine rings is 2. The topological polar surface area (TPSA) is 61.7 Å². The summed E-state index contributed by atoms with van der Waals surface area (Å²) in [6.45, 7) is 0. The van der Waals surface area contributed by atoms with Gasteiger partial charge in [0.05, 0.1) is 0 Å². The molecule has 0 unspecified atom stereocenters. The van der Waals surface area contributed by atoms with Gasteiger partial charge in [-0.15, -0.1) is 0 Å². The molecule has 19 heavy (non-hydrogen) atoms. The first kappa shape index (κ1) is 12.1. The summed E-state index contributed by atoms with van der Waals surface area (Å²) >= 11 is 5.89. The Morgan fingerprint density at radius 2 is 2.16 bits per heavy atom. The van der Waals surface area contributed by atoms with Crippen molar-refractivity contribution in [3.05, 3.63) is 52.9 Å². The Kier molecular flexibility index (Phi) is 3.17. The van der Waals surface area contributed by atoms with Gasteiger partial charge in [0.1, 0.15) is 11.7 Å². The van der Waals surface area contributed by atoms with Crippen molar-refractivity contribution in [1.29, 1.82) is 5.41 Å². The summed E-state index contributed by atoms with van der Waals surface area (Å²) in [4.78, 5) is 8.32. The molecule has 0 atom stereocenters. The molecular formula is C14H13ClN4. The van der Waals surface area contributed by atoms with Gasteiger partial charge in [0.15, 0.2) is 0 Å². The highest BCUT2D eigenvalue weighted by Crippen LogP contribution is 2.39. The van der Waals surface area contributed by atoms with E-state index < -0.39 is 0 Å². The SMILES string of the molecule is N=C(Nc1cc(Cl)ccn1)c1cncc(C2CC2)c1. The monoisotopic (exact) mass is 272 g/mol. The highest BCUT2D eigenvalue weighted by molar-refractivity contribution is 6.30. The molecule has 2 aromatic rings. The average Bonchev–Trinajstić information content (AvgIpc) is 3.23. The largest absolute Gasteiger partial charge is 0.325 e. The molecule has 0 saturated heterocycles. The van der Waals surface area contributed by atoms with Crippen molar-refractivity contribution in [2.75, 3.05) is 5.32 Å². The third-order valence-electron chi connectivity index (χ3n) is 3.07. The molecule has 0 amide bonds. The number of nitrogens with one attached hydrogen (secondary N) is 2. The van der Waals surface area contributed by atoms with Crippen LogP contribution in [-0.4, -0.2) is 15.8 Å². The Hall–Kier alpha value is -1.94. The molecule has 2 aromatic heterocycles. The van der Waals surface area contributed by atoms with Crippen LogP contribution in [0, 0.1) is 5.41 Å². The molecule has 0 aromatic carbocycles. The molecule has 2 N–H and O–H groups in total. The van der Waals surface area contributed by atoms with Crippen LogP contribution >= 0.6 is 11.6 Å². The lowest BCUT2D eigenvalue weighted by atomic mass is 10.1. The summed E-state index contributed by atoms with van der Waals surface area (Å²) < 4.78 is 0. The lowest BCUT2D eigenvalue weighted by molar-refractivity contribution is 1.09. The van der Waals surface area contributed by atoms with Crippen molar-refractivity contribution in [3.63, 3.8) is 0 Å². The Bertz CT molecular complexity index is 622. The summed E-state index contributed by atoms with van der Waals surface area (Å²) in [5.74, 6) is 1.48. The van der Waals surface area contributed by atoms with Gasteiger partial charge < -0.3 is 5.32 Å². The average molecular weight is 273 g/mol. The highest BCUT2D eigenvalue weighted by atomic mass is 35.5. The minimum atomic E-state index is 0.282. The molecular weight excluding hydrogens is 260 g/mol. The Morgan fingerprint density at radius 1 is 1.32 bits per heavy atom. The van der Waals surface area contributed by atoms with Crippen LogP contribution < -0.4 is 5.32 Å². The van der Waals surface area contributed by atoms with Crippen LogP contribution in [0.25, 0.3) is 0 Å². The number of nitrogens with zero attached hydrogens (tertiary/aromatic N) is 2. The van der Waals surface area contributed by atoms with E-state index in [4.69, 9.17) is 17.0 Å². The second-order valence-electron chi connectivity index (χ2n) is 4.64. The van der Waals surface area contributed by atoms with Gasteiger partial charge in [-0.25, -0.2) is 4.98 Å². The van der Waals surface area contributed by atoms with Gasteiger partial charge in [0.25, 0.3) is 0 Å². The minimum absolute atomic E-state index is 0.282. The van der Waals surface area contributed by atoms with Crippen molar-refractivity contribution >= 4 is 23.3 Å². The number of hydrogen-bond acceptors (Lipinski definition) is 3. The maximum absolute atomic E-state index is 8.06. The van der Waals surface area contributed by atoms with E-state index in [0.717, 1.165) is 5.56 Å². The zero-order valence-electron chi connectivity index (χ0n) is 10.2. The van der Waals surface area contributed by atoms with E-state index in [0.29, 0.717) is 16.8 Å². The molecule has 0 radical (unpaired) electrons. The standard InChI is InChI=1S/C14H13ClN4/c15-12-3-4-18-13(6-12)19-14(16)11-5-10(7-17-8-11)9-1-2-9/h3-9H,1-2H2,(H2,16,18,19). The predicted molar refractivity (Wildman–Crippen MR) is 75.9 cm³/mol. The quantitative estimate of drug-likeness (QED) is 0.664. The molecule has 1 aliphatic rings. The Morgan fingerprint density at radius 3 is 2.89 bits per heavy atom. The summed E-state index contributed by atoms with van der Waals surface area (Å²) in [7, 11) is 0. The van der Waals surface area contributed by atoms with E-state index in [1.165, 1.54) is 18.4 Å². The van der Waals surface area contributed by atoms with E-state index in [2.05, 4.69) is 15.3 Å². The number of rotatable bonds is 3. The van der Waals surface area contributed by atoms with Crippen molar-refractivity contribution in [1.82, 2.24) is 9.97 Å². The number of amidine groups is 1. The van der Waals surface area contributed by atoms with Crippen LogP contribution in [0.15, 0.2) is 36.8 Å². The lowest BCUT2D eigenvalue weighted by Gasteiger charge is -2.08. The summed E-state index contributed by atoms with van der Waals surface area (Å²) in [5, 5.41) is 11.6. The van der Waals surface area contributed by atoms with E-state index in [1.807, 2.05) is 12.3 Å². The van der Waals surface area contributed by atoms with Crippen LogP contribution in [0.5, 0.6) is 0 Å². The van der Waals surface area contributed by atoms with Gasteiger partial charge in [0, 0.05) is 29.2 Å². The van der Waals surface area contributed by atoms with Crippen molar-refractivity contribution in [3.8, 4) is 0 Å². The smallest absolute Gasteiger partial charge is 0.132 e. The third kappa shape index (κ3) is 2.90. The number of halogens is 1. The second kappa shape index (κ2) is 4.97. The Balaban J connectivity index is 1.78. The molecule has 0 spiro atoms. The first-order valence-corrected chi connectivity index (χ1v) is 6.52. The van der Waals surface area contributed by atoms with Crippen LogP contribution in [-0.2, 0) is 0 Å². The highest BCUT2D eigenvalue weighted by Gasteiger charge is 2.24. The third-order valence-corrected chi connectivity index (χ3v) is 3.31. The van der Waals surface area contributed by atoms with Crippen molar-refractivity contribution < 1.29 is 0 Å². The number of hydrogen-bond donors (Lipinski definition) is 2. The molecule has 3 rings (SSSR count). The molecule has 5 heteroatoms. The molecule has 0 bridgehead atoms. The van der Waals surface area contributed by atoms with E-state index in [1.54, 1.807) is 24.5 Å². The van der Waals surface area contributed by atoms with Gasteiger partial charge in [0.2, 0.25) is 0 Å². The van der Waals surface area contributed by atoms with E-state index >= 15 is 0 Å². The molecule has 96 valence electrons. The van der Waals surface area contributed by atoms with Crippen LogP contribution in [0.2, 0.25) is 5.02 Å². The maximum atomic E-state index is 8.06. The molecule has 1 fully saturated rings. The molecule has 0 aliphatic heterocycles. The van der Waals surface area contributed by atoms with Crippen LogP contribution in [0.3, 0.4) is 0 Å². The summed E-state index contributed by atoms with van der Waals surface area (Å²) in [6.07, 6.45) is 7.62. The van der Waals surface area contributed by atoms with Gasteiger partial charge in [-0.3, -0.25) is 10.4 Å². The first-order chi connectivity index (χ1) is 9.22. The molecule has 1 saturated carbocycles. The summed E-state index contributed by atoms with van der Waals surface area (Å²) in [5.41, 5.74) is 1.98. The van der Waals surface area contributed by atoms with E-state index in [9.17, 15) is 0 Å².